The van der Waals surface area contributed by atoms with E-state index >= 15 is 0 Å². The van der Waals surface area contributed by atoms with Gasteiger partial charge in [0, 0.05) is 12.6 Å². The molecule has 104 valence electrons. The molecule has 0 aromatic heterocycles. The van der Waals surface area contributed by atoms with Crippen molar-refractivity contribution in [3.8, 4) is 0 Å². The van der Waals surface area contributed by atoms with Gasteiger partial charge >= 0.3 is 0 Å². The highest BCUT2D eigenvalue weighted by Crippen LogP contribution is 2.44. The maximum Gasteiger partial charge on any atom is 0.258 e. The van der Waals surface area contributed by atoms with Crippen LogP contribution < -0.4 is 0 Å². The van der Waals surface area contributed by atoms with E-state index in [2.05, 4.69) is 39.3 Å². The molecule has 17 heavy (non-hydrogen) atoms. The Morgan fingerprint density at radius 3 is 1.71 bits per heavy atom. The van der Waals surface area contributed by atoms with Crippen LogP contribution in [0.3, 0.4) is 0 Å². The first-order chi connectivity index (χ1) is 8.17. The Morgan fingerprint density at radius 2 is 1.41 bits per heavy atom. The van der Waals surface area contributed by atoms with Gasteiger partial charge in [0.05, 0.1) is 13.2 Å². The van der Waals surface area contributed by atoms with E-state index in [0.29, 0.717) is 6.04 Å². The van der Waals surface area contributed by atoms with E-state index in [9.17, 15) is 0 Å². The summed E-state index contributed by atoms with van der Waals surface area (Å²) in [4.78, 5) is 0. The fourth-order valence-electron chi connectivity index (χ4n) is 1.43. The quantitative estimate of drug-likeness (QED) is 0.402. The molecule has 0 aromatic rings. The molecule has 0 spiro atoms. The van der Waals surface area contributed by atoms with Crippen LogP contribution in [-0.2, 0) is 9.05 Å². The summed E-state index contributed by atoms with van der Waals surface area (Å²) >= 11 is 0. The van der Waals surface area contributed by atoms with E-state index < -0.39 is 8.53 Å². The van der Waals surface area contributed by atoms with E-state index in [0.717, 1.165) is 32.6 Å². The van der Waals surface area contributed by atoms with Crippen molar-refractivity contribution in [3.05, 3.63) is 0 Å². The fraction of sp³-hybridized carbons (Fsp3) is 1.00. The Labute approximate surface area is 109 Å². The maximum atomic E-state index is 5.91. The third-order valence-corrected chi connectivity index (χ3v) is 4.50. The summed E-state index contributed by atoms with van der Waals surface area (Å²) < 4.78 is 14.1. The second-order valence-corrected chi connectivity index (χ2v) is 5.97. The fourth-order valence-corrected chi connectivity index (χ4v) is 2.98. The van der Waals surface area contributed by atoms with Crippen molar-refractivity contribution in [2.45, 2.75) is 66.3 Å². The lowest BCUT2D eigenvalue weighted by Crippen LogP contribution is -2.27. The molecule has 0 amide bonds. The van der Waals surface area contributed by atoms with Crippen molar-refractivity contribution in [3.63, 3.8) is 0 Å². The summed E-state index contributed by atoms with van der Waals surface area (Å²) in [5, 5.41) is 0. The van der Waals surface area contributed by atoms with Crippen molar-refractivity contribution in [2.75, 3.05) is 19.8 Å². The lowest BCUT2D eigenvalue weighted by Gasteiger charge is -2.31. The highest BCUT2D eigenvalue weighted by atomic mass is 31.2. The van der Waals surface area contributed by atoms with Gasteiger partial charge in [-0.05, 0) is 26.7 Å². The molecular formula is C13H30NO2P. The van der Waals surface area contributed by atoms with Gasteiger partial charge in [0.15, 0.2) is 0 Å². The van der Waals surface area contributed by atoms with Crippen molar-refractivity contribution in [2.24, 2.45) is 0 Å². The van der Waals surface area contributed by atoms with Crippen LogP contribution in [0.2, 0.25) is 0 Å². The molecule has 0 aliphatic rings. The van der Waals surface area contributed by atoms with Crippen LogP contribution in [0.1, 0.15) is 60.3 Å². The van der Waals surface area contributed by atoms with Gasteiger partial charge in [-0.15, -0.1) is 0 Å². The molecule has 3 nitrogen and oxygen atoms in total. The molecule has 0 radical (unpaired) electrons. The highest BCUT2D eigenvalue weighted by Gasteiger charge is 2.22. The molecule has 0 N–H and O–H groups in total. The van der Waals surface area contributed by atoms with Crippen LogP contribution in [0.15, 0.2) is 0 Å². The van der Waals surface area contributed by atoms with E-state index in [1.54, 1.807) is 0 Å². The zero-order valence-electron chi connectivity index (χ0n) is 12.2. The first kappa shape index (κ1) is 17.3. The third-order valence-electron chi connectivity index (χ3n) is 2.53. The third kappa shape index (κ3) is 8.10. The number of nitrogens with zero attached hydrogens (tertiary/aromatic N) is 1. The van der Waals surface area contributed by atoms with Gasteiger partial charge in [-0.2, -0.15) is 0 Å². The molecule has 0 atom stereocenters. The highest BCUT2D eigenvalue weighted by molar-refractivity contribution is 7.44. The van der Waals surface area contributed by atoms with Gasteiger partial charge in [0.2, 0.25) is 0 Å². The SMILES string of the molecule is CCCCOP(OCCCC)N(CC)C(C)C. The van der Waals surface area contributed by atoms with Crippen LogP contribution in [0.5, 0.6) is 0 Å². The van der Waals surface area contributed by atoms with E-state index in [1.807, 2.05) is 0 Å². The van der Waals surface area contributed by atoms with Gasteiger partial charge in [-0.3, -0.25) is 0 Å². The smallest absolute Gasteiger partial charge is 0.258 e. The van der Waals surface area contributed by atoms with E-state index in [1.165, 1.54) is 12.8 Å². The number of hydrogen-bond donors (Lipinski definition) is 0. The Bertz CT molecular complexity index is 157. The van der Waals surface area contributed by atoms with Gasteiger partial charge in [-0.25, -0.2) is 4.67 Å². The lowest BCUT2D eigenvalue weighted by atomic mass is 10.4. The van der Waals surface area contributed by atoms with Crippen LogP contribution >= 0.6 is 8.53 Å². The summed E-state index contributed by atoms with van der Waals surface area (Å²) in [6.45, 7) is 13.6. The van der Waals surface area contributed by atoms with Crippen molar-refractivity contribution in [1.29, 1.82) is 0 Å². The Hall–Kier alpha value is 0.310. The Kier molecular flexibility index (Phi) is 11.6. The van der Waals surface area contributed by atoms with Crippen molar-refractivity contribution < 1.29 is 9.05 Å². The van der Waals surface area contributed by atoms with E-state index in [4.69, 9.17) is 9.05 Å². The molecule has 0 bridgehead atoms. The minimum Gasteiger partial charge on any atom is -0.322 e. The zero-order valence-corrected chi connectivity index (χ0v) is 13.1. The molecule has 0 unspecified atom stereocenters. The van der Waals surface area contributed by atoms with Gasteiger partial charge in [-0.1, -0.05) is 33.6 Å². The monoisotopic (exact) mass is 263 g/mol. The van der Waals surface area contributed by atoms with Crippen LogP contribution in [-0.4, -0.2) is 30.5 Å². The summed E-state index contributed by atoms with van der Waals surface area (Å²) in [7, 11) is -0.854. The van der Waals surface area contributed by atoms with Gasteiger partial charge in [0.1, 0.15) is 0 Å². The first-order valence-electron chi connectivity index (χ1n) is 6.99. The minimum atomic E-state index is -0.854. The van der Waals surface area contributed by atoms with Gasteiger partial charge in [0.25, 0.3) is 8.53 Å². The maximum absolute atomic E-state index is 5.91. The number of unbranched alkanes of at least 4 members (excludes halogenated alkanes) is 2. The summed E-state index contributed by atoms with van der Waals surface area (Å²) in [5.41, 5.74) is 0. The predicted molar refractivity (Wildman–Crippen MR) is 76.2 cm³/mol. The molecule has 0 heterocycles. The molecule has 0 rings (SSSR count). The predicted octanol–water partition coefficient (Wildman–Crippen LogP) is 4.58. The molecule has 0 aromatic carbocycles. The number of hydrogen-bond acceptors (Lipinski definition) is 3. The number of rotatable bonds is 11. The van der Waals surface area contributed by atoms with Crippen molar-refractivity contribution >= 4 is 8.53 Å². The largest absolute Gasteiger partial charge is 0.322 e. The molecule has 0 aliphatic carbocycles. The second-order valence-electron chi connectivity index (χ2n) is 4.46. The molecule has 0 saturated heterocycles. The molecule has 0 saturated carbocycles. The van der Waals surface area contributed by atoms with Gasteiger partial charge < -0.3 is 9.05 Å². The van der Waals surface area contributed by atoms with E-state index in [-0.39, 0.29) is 0 Å². The second kappa shape index (κ2) is 11.4. The summed E-state index contributed by atoms with van der Waals surface area (Å²) in [5.74, 6) is 0. The summed E-state index contributed by atoms with van der Waals surface area (Å²) in [6, 6.07) is 0.481. The minimum absolute atomic E-state index is 0.481. The first-order valence-corrected chi connectivity index (χ1v) is 8.12. The zero-order chi connectivity index (χ0) is 13.1. The standard InChI is InChI=1S/C13H30NO2P/c1-6-9-11-15-17(16-12-10-7-2)14(8-3)13(4)5/h13H,6-12H2,1-5H3. The van der Waals surface area contributed by atoms with Crippen molar-refractivity contribution in [1.82, 2.24) is 4.67 Å². The molecule has 4 heteroatoms. The van der Waals surface area contributed by atoms with Crippen LogP contribution in [0.4, 0.5) is 0 Å². The molecule has 0 aliphatic heterocycles. The average molecular weight is 263 g/mol. The molecule has 0 fully saturated rings. The van der Waals surface area contributed by atoms with Crippen LogP contribution in [0, 0.1) is 0 Å². The molecular weight excluding hydrogens is 233 g/mol. The van der Waals surface area contributed by atoms with Crippen LogP contribution in [0.25, 0.3) is 0 Å². The summed E-state index contributed by atoms with van der Waals surface area (Å²) in [6.07, 6.45) is 4.58. The topological polar surface area (TPSA) is 21.7 Å². The average Bonchev–Trinajstić information content (AvgIpc) is 2.29. The Morgan fingerprint density at radius 1 is 0.941 bits per heavy atom. The Balaban J connectivity index is 4.15. The normalized spacial score (nSPS) is 12.0. The lowest BCUT2D eigenvalue weighted by molar-refractivity contribution is 0.189.